The molecule has 3 aromatic rings. The van der Waals surface area contributed by atoms with E-state index in [0.29, 0.717) is 19.7 Å². The normalized spacial score (nSPS) is 15.0. The summed E-state index contributed by atoms with van der Waals surface area (Å²) < 4.78 is 11.4. The number of furan rings is 1. The van der Waals surface area contributed by atoms with E-state index in [1.54, 1.807) is 0 Å². The van der Waals surface area contributed by atoms with Crippen LogP contribution in [-0.2, 0) is 26.1 Å². The Labute approximate surface area is 178 Å². The summed E-state index contributed by atoms with van der Waals surface area (Å²) >= 11 is 0. The molecule has 0 aliphatic carbocycles. The van der Waals surface area contributed by atoms with Crippen molar-refractivity contribution >= 4 is 0 Å². The van der Waals surface area contributed by atoms with Gasteiger partial charge in [-0.15, -0.1) is 0 Å². The quantitative estimate of drug-likeness (QED) is 0.568. The molecule has 2 aromatic carbocycles. The van der Waals surface area contributed by atoms with Gasteiger partial charge in [-0.1, -0.05) is 36.4 Å². The number of fused-ring (bicyclic) bond motifs is 1. The monoisotopic (exact) mass is 406 g/mol. The fraction of sp³-hybridized carbons (Fsp3) is 0.360. The summed E-state index contributed by atoms with van der Waals surface area (Å²) in [5, 5.41) is 13.8. The Balaban J connectivity index is 1.21. The maximum atomic E-state index is 10.5. The van der Waals surface area contributed by atoms with Gasteiger partial charge in [0.15, 0.2) is 0 Å². The van der Waals surface area contributed by atoms with Crippen molar-refractivity contribution in [2.75, 3.05) is 19.7 Å². The second-order valence-electron chi connectivity index (χ2n) is 7.98. The molecule has 2 N–H and O–H groups in total. The van der Waals surface area contributed by atoms with Crippen LogP contribution in [0.4, 0.5) is 0 Å². The summed E-state index contributed by atoms with van der Waals surface area (Å²) in [7, 11) is 0. The number of aliphatic hydroxyl groups excluding tert-OH is 1. The van der Waals surface area contributed by atoms with Crippen LogP contribution in [0.1, 0.15) is 28.2 Å². The average molecular weight is 407 g/mol. The van der Waals surface area contributed by atoms with Gasteiger partial charge in [0.2, 0.25) is 0 Å². The molecule has 30 heavy (non-hydrogen) atoms. The number of rotatable bonds is 9. The predicted molar refractivity (Wildman–Crippen MR) is 117 cm³/mol. The second kappa shape index (κ2) is 9.94. The zero-order valence-electron chi connectivity index (χ0n) is 17.5. The van der Waals surface area contributed by atoms with Crippen molar-refractivity contribution in [2.45, 2.75) is 39.1 Å². The third-order valence-corrected chi connectivity index (χ3v) is 5.44. The summed E-state index contributed by atoms with van der Waals surface area (Å²) in [6, 6.07) is 20.5. The average Bonchev–Trinajstić information content (AvgIpc) is 3.17. The lowest BCUT2D eigenvalue weighted by Gasteiger charge is -2.30. The lowest BCUT2D eigenvalue weighted by atomic mass is 10.00. The highest BCUT2D eigenvalue weighted by molar-refractivity contribution is 5.29. The van der Waals surface area contributed by atoms with Crippen LogP contribution in [0.25, 0.3) is 0 Å². The van der Waals surface area contributed by atoms with Crippen LogP contribution < -0.4 is 10.1 Å². The fourth-order valence-corrected chi connectivity index (χ4v) is 3.91. The number of β-amino-alcohol motifs (C(OH)–C–C–N with tert-alkyl or cyclic N) is 1. The third-order valence-electron chi connectivity index (χ3n) is 5.44. The van der Waals surface area contributed by atoms with Crippen LogP contribution in [0.3, 0.4) is 0 Å². The molecular weight excluding hydrogens is 376 g/mol. The Morgan fingerprint density at radius 2 is 1.93 bits per heavy atom. The van der Waals surface area contributed by atoms with E-state index in [9.17, 15) is 5.11 Å². The number of ether oxygens (including phenoxy) is 1. The number of aliphatic hydroxyl groups is 1. The Morgan fingerprint density at radius 1 is 1.07 bits per heavy atom. The topological polar surface area (TPSA) is 57.9 Å². The molecule has 1 aliphatic rings. The van der Waals surface area contributed by atoms with Crippen molar-refractivity contribution in [1.29, 1.82) is 0 Å². The molecular formula is C25H30N2O3. The van der Waals surface area contributed by atoms with Crippen LogP contribution >= 0.6 is 0 Å². The Bertz CT molecular complexity index is 953. The van der Waals surface area contributed by atoms with Gasteiger partial charge in [-0.05, 0) is 54.3 Å². The summed E-state index contributed by atoms with van der Waals surface area (Å²) in [6.07, 6.45) is 0.523. The van der Waals surface area contributed by atoms with E-state index in [-0.39, 0.29) is 0 Å². The summed E-state index contributed by atoms with van der Waals surface area (Å²) in [4.78, 5) is 2.30. The van der Waals surface area contributed by atoms with Gasteiger partial charge in [0.05, 0.1) is 6.54 Å². The molecule has 5 nitrogen and oxygen atoms in total. The number of nitrogens with one attached hydrogen (secondary N) is 1. The minimum Gasteiger partial charge on any atom is -0.491 e. The summed E-state index contributed by atoms with van der Waals surface area (Å²) in [5.41, 5.74) is 3.92. The highest BCUT2D eigenvalue weighted by Crippen LogP contribution is 2.19. The fourth-order valence-electron chi connectivity index (χ4n) is 3.91. The summed E-state index contributed by atoms with van der Waals surface area (Å²) in [6.45, 7) is 6.15. The molecule has 0 spiro atoms. The lowest BCUT2D eigenvalue weighted by molar-refractivity contribution is 0.0637. The second-order valence-corrected chi connectivity index (χ2v) is 7.98. The van der Waals surface area contributed by atoms with Crippen molar-refractivity contribution in [3.8, 4) is 5.75 Å². The van der Waals surface area contributed by atoms with Gasteiger partial charge in [0, 0.05) is 26.2 Å². The maximum Gasteiger partial charge on any atom is 0.119 e. The summed E-state index contributed by atoms with van der Waals surface area (Å²) in [5.74, 6) is 2.64. The molecule has 0 amide bonds. The molecule has 5 heteroatoms. The third kappa shape index (κ3) is 5.72. The highest BCUT2D eigenvalue weighted by atomic mass is 16.5. The van der Waals surface area contributed by atoms with Gasteiger partial charge in [-0.2, -0.15) is 0 Å². The van der Waals surface area contributed by atoms with Crippen LogP contribution in [0.2, 0.25) is 0 Å². The SMILES string of the molecule is Cc1ccc(CNCc2cccc(OC[C@@H](O)CN3CCc4ccccc4C3)c2)o1. The van der Waals surface area contributed by atoms with Crippen LogP contribution in [0.15, 0.2) is 65.1 Å². The Hall–Kier alpha value is -2.60. The van der Waals surface area contributed by atoms with E-state index < -0.39 is 6.10 Å². The van der Waals surface area contributed by atoms with Gasteiger partial charge in [0.1, 0.15) is 30.0 Å². The smallest absolute Gasteiger partial charge is 0.119 e. The lowest BCUT2D eigenvalue weighted by Crippen LogP contribution is -2.38. The van der Waals surface area contributed by atoms with Crippen molar-refractivity contribution in [1.82, 2.24) is 10.2 Å². The van der Waals surface area contributed by atoms with Crippen molar-refractivity contribution in [3.05, 3.63) is 88.9 Å². The Kier molecular flexibility index (Phi) is 6.84. The van der Waals surface area contributed by atoms with Crippen molar-refractivity contribution < 1.29 is 14.3 Å². The molecule has 1 atom stereocenters. The van der Waals surface area contributed by atoms with E-state index in [0.717, 1.165) is 48.9 Å². The minimum atomic E-state index is -0.515. The van der Waals surface area contributed by atoms with Gasteiger partial charge in [-0.3, -0.25) is 4.90 Å². The zero-order chi connectivity index (χ0) is 20.8. The largest absolute Gasteiger partial charge is 0.491 e. The molecule has 1 aliphatic heterocycles. The molecule has 0 saturated carbocycles. The standard InChI is InChI=1S/C25H30N2O3/c1-19-9-10-25(30-19)15-26-14-20-5-4-8-24(13-20)29-18-23(28)17-27-12-11-21-6-2-3-7-22(21)16-27/h2-10,13,23,26,28H,11-12,14-18H2,1H3/t23-/m0/s1. The Morgan fingerprint density at radius 3 is 2.77 bits per heavy atom. The number of hydrogen-bond donors (Lipinski definition) is 2. The van der Waals surface area contributed by atoms with Crippen molar-refractivity contribution in [3.63, 3.8) is 0 Å². The molecule has 0 bridgehead atoms. The molecule has 1 aromatic heterocycles. The van der Waals surface area contributed by atoms with E-state index in [4.69, 9.17) is 9.15 Å². The molecule has 0 saturated heterocycles. The van der Waals surface area contributed by atoms with E-state index >= 15 is 0 Å². The number of nitrogens with zero attached hydrogens (tertiary/aromatic N) is 1. The highest BCUT2D eigenvalue weighted by Gasteiger charge is 2.18. The van der Waals surface area contributed by atoms with E-state index in [2.05, 4.69) is 40.5 Å². The van der Waals surface area contributed by atoms with Gasteiger partial charge < -0.3 is 19.6 Å². The molecule has 158 valence electrons. The first-order valence-corrected chi connectivity index (χ1v) is 10.6. The number of aryl methyl sites for hydroxylation is 1. The van der Waals surface area contributed by atoms with Gasteiger partial charge >= 0.3 is 0 Å². The van der Waals surface area contributed by atoms with Crippen LogP contribution in [0, 0.1) is 6.92 Å². The van der Waals surface area contributed by atoms with Gasteiger partial charge in [-0.25, -0.2) is 0 Å². The van der Waals surface area contributed by atoms with E-state index in [1.165, 1.54) is 11.1 Å². The van der Waals surface area contributed by atoms with Crippen LogP contribution in [0.5, 0.6) is 5.75 Å². The molecule has 0 fully saturated rings. The predicted octanol–water partition coefficient (Wildman–Crippen LogP) is 3.68. The first-order chi connectivity index (χ1) is 14.7. The first kappa shape index (κ1) is 20.7. The number of hydrogen-bond acceptors (Lipinski definition) is 5. The first-order valence-electron chi connectivity index (χ1n) is 10.6. The van der Waals surface area contributed by atoms with Crippen molar-refractivity contribution in [2.24, 2.45) is 0 Å². The molecule has 4 rings (SSSR count). The van der Waals surface area contributed by atoms with E-state index in [1.807, 2.05) is 37.3 Å². The zero-order valence-corrected chi connectivity index (χ0v) is 17.5. The minimum absolute atomic E-state index is 0.292. The molecule has 2 heterocycles. The van der Waals surface area contributed by atoms with Gasteiger partial charge in [0.25, 0.3) is 0 Å². The maximum absolute atomic E-state index is 10.5. The van der Waals surface area contributed by atoms with Crippen LogP contribution in [-0.4, -0.2) is 35.8 Å². The molecule has 0 unspecified atom stereocenters. The molecule has 0 radical (unpaired) electrons. The number of benzene rings is 2.